The van der Waals surface area contributed by atoms with Crippen LogP contribution in [-0.2, 0) is 4.79 Å². The van der Waals surface area contributed by atoms with Gasteiger partial charge in [-0.2, -0.15) is 0 Å². The maximum absolute atomic E-state index is 12.3. The lowest BCUT2D eigenvalue weighted by molar-refractivity contribution is -0.117. The molecule has 0 atom stereocenters. The number of carbonyl (C=O) groups is 1. The third kappa shape index (κ3) is 4.86. The second-order valence-corrected chi connectivity index (χ2v) is 6.44. The zero-order chi connectivity index (χ0) is 16.1. The lowest BCUT2D eigenvalue weighted by Crippen LogP contribution is -2.35. The number of hydrogen-bond acceptors (Lipinski definition) is 4. The highest BCUT2D eigenvalue weighted by molar-refractivity contribution is 5.92. The number of rotatable bonds is 7. The molecule has 0 unspecified atom stereocenters. The Balaban J connectivity index is 1.57. The maximum atomic E-state index is 12.3. The van der Waals surface area contributed by atoms with Crippen LogP contribution in [0, 0.1) is 5.92 Å². The standard InChI is InChI=1S/C18H26N2O3/c1-2-8-20(12-14-4-5-14)13-18(21)19-15-6-7-16-17(11-15)23-10-3-9-22-16/h6-7,11,14H,2-5,8-10,12-13H2,1H3,(H,19,21). The SMILES string of the molecule is CCCN(CC(=O)Nc1ccc2c(c1)OCCCO2)CC1CC1. The van der Waals surface area contributed by atoms with E-state index >= 15 is 0 Å². The molecule has 1 aliphatic carbocycles. The molecule has 0 radical (unpaired) electrons. The molecule has 1 saturated carbocycles. The second-order valence-electron chi connectivity index (χ2n) is 6.44. The van der Waals surface area contributed by atoms with Crippen molar-refractivity contribution in [2.75, 3.05) is 38.2 Å². The van der Waals surface area contributed by atoms with Gasteiger partial charge in [0.25, 0.3) is 0 Å². The number of nitrogens with one attached hydrogen (secondary N) is 1. The van der Waals surface area contributed by atoms with Crippen molar-refractivity contribution in [1.82, 2.24) is 4.90 Å². The Labute approximate surface area is 137 Å². The molecule has 1 aromatic carbocycles. The summed E-state index contributed by atoms with van der Waals surface area (Å²) in [6.07, 6.45) is 4.57. The highest BCUT2D eigenvalue weighted by Crippen LogP contribution is 2.32. The molecule has 23 heavy (non-hydrogen) atoms. The van der Waals surface area contributed by atoms with Gasteiger partial charge in [-0.1, -0.05) is 6.92 Å². The topological polar surface area (TPSA) is 50.8 Å². The van der Waals surface area contributed by atoms with Gasteiger partial charge in [-0.25, -0.2) is 0 Å². The summed E-state index contributed by atoms with van der Waals surface area (Å²) in [5.74, 6) is 2.30. The van der Waals surface area contributed by atoms with Crippen molar-refractivity contribution in [3.05, 3.63) is 18.2 Å². The predicted molar refractivity (Wildman–Crippen MR) is 90.1 cm³/mol. The quantitative estimate of drug-likeness (QED) is 0.840. The summed E-state index contributed by atoms with van der Waals surface area (Å²) in [5, 5.41) is 2.98. The Hall–Kier alpha value is -1.75. The van der Waals surface area contributed by atoms with Crippen LogP contribution in [0.2, 0.25) is 0 Å². The number of carbonyl (C=O) groups excluding carboxylic acids is 1. The van der Waals surface area contributed by atoms with Gasteiger partial charge in [0.1, 0.15) is 0 Å². The van der Waals surface area contributed by atoms with Crippen LogP contribution in [0.5, 0.6) is 11.5 Å². The number of amides is 1. The first-order valence-corrected chi connectivity index (χ1v) is 8.66. The van der Waals surface area contributed by atoms with Gasteiger partial charge in [0.05, 0.1) is 19.8 Å². The summed E-state index contributed by atoms with van der Waals surface area (Å²) in [4.78, 5) is 14.6. The molecule has 1 aromatic rings. The Morgan fingerprint density at radius 3 is 2.78 bits per heavy atom. The van der Waals surface area contributed by atoms with E-state index in [1.54, 1.807) is 0 Å². The van der Waals surface area contributed by atoms with Crippen LogP contribution >= 0.6 is 0 Å². The van der Waals surface area contributed by atoms with Gasteiger partial charge >= 0.3 is 0 Å². The van der Waals surface area contributed by atoms with Crippen molar-refractivity contribution >= 4 is 11.6 Å². The molecular weight excluding hydrogens is 292 g/mol. The van der Waals surface area contributed by atoms with Crippen LogP contribution in [-0.4, -0.2) is 43.7 Å². The largest absolute Gasteiger partial charge is 0.490 e. The van der Waals surface area contributed by atoms with Gasteiger partial charge in [0.2, 0.25) is 5.91 Å². The zero-order valence-corrected chi connectivity index (χ0v) is 13.8. The van der Waals surface area contributed by atoms with Gasteiger partial charge < -0.3 is 14.8 Å². The van der Waals surface area contributed by atoms with E-state index in [-0.39, 0.29) is 5.91 Å². The van der Waals surface area contributed by atoms with E-state index in [1.807, 2.05) is 18.2 Å². The summed E-state index contributed by atoms with van der Waals surface area (Å²) < 4.78 is 11.3. The summed E-state index contributed by atoms with van der Waals surface area (Å²) in [6.45, 7) is 5.95. The van der Waals surface area contributed by atoms with Crippen LogP contribution in [0.3, 0.4) is 0 Å². The molecule has 5 heteroatoms. The Kier molecular flexibility index (Phi) is 5.39. The number of hydrogen-bond donors (Lipinski definition) is 1. The lowest BCUT2D eigenvalue weighted by atomic mass is 10.2. The molecule has 126 valence electrons. The minimum Gasteiger partial charge on any atom is -0.490 e. The third-order valence-corrected chi connectivity index (χ3v) is 4.15. The van der Waals surface area contributed by atoms with Crippen molar-refractivity contribution in [3.63, 3.8) is 0 Å². The first-order chi connectivity index (χ1) is 11.2. The first-order valence-electron chi connectivity index (χ1n) is 8.66. The highest BCUT2D eigenvalue weighted by Gasteiger charge is 2.25. The van der Waals surface area contributed by atoms with E-state index in [0.29, 0.717) is 25.5 Å². The zero-order valence-electron chi connectivity index (χ0n) is 13.8. The van der Waals surface area contributed by atoms with E-state index in [9.17, 15) is 4.79 Å². The van der Waals surface area contributed by atoms with Crippen molar-refractivity contribution < 1.29 is 14.3 Å². The van der Waals surface area contributed by atoms with Crippen LogP contribution in [0.4, 0.5) is 5.69 Å². The fourth-order valence-corrected chi connectivity index (χ4v) is 2.86. The molecule has 1 heterocycles. The molecule has 1 amide bonds. The Morgan fingerprint density at radius 1 is 1.26 bits per heavy atom. The first kappa shape index (κ1) is 16.1. The summed E-state index contributed by atoms with van der Waals surface area (Å²) >= 11 is 0. The summed E-state index contributed by atoms with van der Waals surface area (Å²) in [5.41, 5.74) is 0.766. The van der Waals surface area contributed by atoms with Gasteiger partial charge in [-0.05, 0) is 43.9 Å². The second kappa shape index (κ2) is 7.68. The summed E-state index contributed by atoms with van der Waals surface area (Å²) in [6, 6.07) is 5.59. The molecule has 2 aliphatic rings. The molecule has 0 aromatic heterocycles. The Morgan fingerprint density at radius 2 is 2.04 bits per heavy atom. The average Bonchev–Trinajstić information content (AvgIpc) is 3.33. The fraction of sp³-hybridized carbons (Fsp3) is 0.611. The normalized spacial score (nSPS) is 17.0. The Bertz CT molecular complexity index is 543. The number of nitrogens with zero attached hydrogens (tertiary/aromatic N) is 1. The van der Waals surface area contributed by atoms with E-state index in [1.165, 1.54) is 12.8 Å². The molecule has 1 N–H and O–H groups in total. The fourth-order valence-electron chi connectivity index (χ4n) is 2.86. The predicted octanol–water partition coefficient (Wildman–Crippen LogP) is 2.91. The van der Waals surface area contributed by atoms with Gasteiger partial charge in [0, 0.05) is 24.7 Å². The van der Waals surface area contributed by atoms with E-state index in [2.05, 4.69) is 17.1 Å². The number of fused-ring (bicyclic) bond motifs is 1. The van der Waals surface area contributed by atoms with Gasteiger partial charge in [0.15, 0.2) is 11.5 Å². The van der Waals surface area contributed by atoms with Crippen LogP contribution < -0.4 is 14.8 Å². The highest BCUT2D eigenvalue weighted by atomic mass is 16.5. The lowest BCUT2D eigenvalue weighted by Gasteiger charge is -2.21. The van der Waals surface area contributed by atoms with Crippen LogP contribution in [0.15, 0.2) is 18.2 Å². The van der Waals surface area contributed by atoms with Crippen molar-refractivity contribution in [2.24, 2.45) is 5.92 Å². The van der Waals surface area contributed by atoms with E-state index in [4.69, 9.17) is 9.47 Å². The van der Waals surface area contributed by atoms with Crippen molar-refractivity contribution in [2.45, 2.75) is 32.6 Å². The molecule has 1 aliphatic heterocycles. The minimum absolute atomic E-state index is 0.0357. The average molecular weight is 318 g/mol. The smallest absolute Gasteiger partial charge is 0.238 e. The molecule has 0 spiro atoms. The molecule has 5 nitrogen and oxygen atoms in total. The molecule has 0 saturated heterocycles. The van der Waals surface area contributed by atoms with E-state index < -0.39 is 0 Å². The third-order valence-electron chi connectivity index (χ3n) is 4.15. The van der Waals surface area contributed by atoms with Crippen LogP contribution in [0.25, 0.3) is 0 Å². The number of anilines is 1. The van der Waals surface area contributed by atoms with Crippen molar-refractivity contribution in [3.8, 4) is 11.5 Å². The monoisotopic (exact) mass is 318 g/mol. The van der Waals surface area contributed by atoms with Gasteiger partial charge in [-0.3, -0.25) is 9.69 Å². The molecule has 0 bridgehead atoms. The van der Waals surface area contributed by atoms with Crippen LogP contribution in [0.1, 0.15) is 32.6 Å². The number of ether oxygens (including phenoxy) is 2. The summed E-state index contributed by atoms with van der Waals surface area (Å²) in [7, 11) is 0. The van der Waals surface area contributed by atoms with E-state index in [0.717, 1.165) is 43.3 Å². The number of benzene rings is 1. The minimum atomic E-state index is 0.0357. The molecular formula is C18H26N2O3. The molecule has 1 fully saturated rings. The molecule has 3 rings (SSSR count). The van der Waals surface area contributed by atoms with Gasteiger partial charge in [-0.15, -0.1) is 0 Å². The van der Waals surface area contributed by atoms with Crippen molar-refractivity contribution in [1.29, 1.82) is 0 Å². The maximum Gasteiger partial charge on any atom is 0.238 e.